The quantitative estimate of drug-likeness (QED) is 0.732. The van der Waals surface area contributed by atoms with Crippen LogP contribution in [0.15, 0.2) is 54.7 Å². The summed E-state index contributed by atoms with van der Waals surface area (Å²) in [5.74, 6) is 1.21. The largest absolute Gasteiger partial charge is 0.454 e. The second-order valence-electron chi connectivity index (χ2n) is 4.41. The molecule has 3 aromatic rings. The first-order valence-electron chi connectivity index (χ1n) is 6.27. The summed E-state index contributed by atoms with van der Waals surface area (Å²) in [6.45, 7) is 0. The third-order valence-electron chi connectivity index (χ3n) is 3.05. The van der Waals surface area contributed by atoms with Crippen molar-refractivity contribution in [3.05, 3.63) is 65.3 Å². The van der Waals surface area contributed by atoms with Crippen LogP contribution in [0.3, 0.4) is 0 Å². The Morgan fingerprint density at radius 3 is 2.67 bits per heavy atom. The highest BCUT2D eigenvalue weighted by atomic mass is 35.5. The number of nitrogens with zero attached hydrogens (tertiary/aromatic N) is 1. The number of hydrogen-bond donors (Lipinski definition) is 1. The predicted molar refractivity (Wildman–Crippen MR) is 89.2 cm³/mol. The van der Waals surface area contributed by atoms with Crippen LogP contribution < -0.4 is 10.5 Å². The fourth-order valence-electron chi connectivity index (χ4n) is 2.07. The zero-order valence-electron chi connectivity index (χ0n) is 10.9. The molecule has 0 atom stereocenters. The van der Waals surface area contributed by atoms with E-state index in [-0.39, 0.29) is 4.99 Å². The number of para-hydroxylation sites is 1. The van der Waals surface area contributed by atoms with E-state index in [4.69, 9.17) is 34.3 Å². The molecular weight excluding hydrogens is 304 g/mol. The summed E-state index contributed by atoms with van der Waals surface area (Å²) >= 11 is 11.2. The number of hydrogen-bond acceptors (Lipinski definition) is 3. The highest BCUT2D eigenvalue weighted by Gasteiger charge is 2.11. The van der Waals surface area contributed by atoms with Crippen molar-refractivity contribution in [2.75, 3.05) is 0 Å². The highest BCUT2D eigenvalue weighted by molar-refractivity contribution is 7.80. The molecular formula is C16H11ClN2OS. The molecule has 2 aromatic carbocycles. The van der Waals surface area contributed by atoms with Crippen LogP contribution in [0, 0.1) is 0 Å². The molecule has 1 aromatic heterocycles. The van der Waals surface area contributed by atoms with Crippen molar-refractivity contribution < 1.29 is 4.74 Å². The molecule has 0 bridgehead atoms. The molecule has 0 radical (unpaired) electrons. The van der Waals surface area contributed by atoms with E-state index in [1.165, 1.54) is 0 Å². The molecule has 0 spiro atoms. The zero-order valence-corrected chi connectivity index (χ0v) is 12.5. The van der Waals surface area contributed by atoms with Crippen LogP contribution in [0.5, 0.6) is 11.5 Å². The average molecular weight is 315 g/mol. The average Bonchev–Trinajstić information content (AvgIpc) is 2.51. The summed E-state index contributed by atoms with van der Waals surface area (Å²) in [5.41, 5.74) is 7.10. The van der Waals surface area contributed by atoms with E-state index >= 15 is 0 Å². The molecule has 1 heterocycles. The molecule has 3 rings (SSSR count). The smallest absolute Gasteiger partial charge is 0.153 e. The van der Waals surface area contributed by atoms with Gasteiger partial charge in [-0.05, 0) is 36.4 Å². The molecule has 0 saturated heterocycles. The lowest BCUT2D eigenvalue weighted by Crippen LogP contribution is -2.10. The summed E-state index contributed by atoms with van der Waals surface area (Å²) in [7, 11) is 0. The second kappa shape index (κ2) is 5.68. The van der Waals surface area contributed by atoms with Crippen LogP contribution in [0.2, 0.25) is 5.02 Å². The molecule has 0 aliphatic rings. The Kier molecular flexibility index (Phi) is 3.73. The van der Waals surface area contributed by atoms with E-state index < -0.39 is 0 Å². The highest BCUT2D eigenvalue weighted by Crippen LogP contribution is 2.33. The van der Waals surface area contributed by atoms with Crippen molar-refractivity contribution >= 4 is 39.7 Å². The van der Waals surface area contributed by atoms with Gasteiger partial charge in [0.25, 0.3) is 0 Å². The van der Waals surface area contributed by atoms with Crippen LogP contribution in [0.4, 0.5) is 0 Å². The number of benzene rings is 2. The van der Waals surface area contributed by atoms with Gasteiger partial charge < -0.3 is 10.5 Å². The summed E-state index contributed by atoms with van der Waals surface area (Å²) in [4.78, 5) is 4.63. The molecule has 0 amide bonds. The molecule has 5 heteroatoms. The number of aromatic nitrogens is 1. The van der Waals surface area contributed by atoms with Gasteiger partial charge in [0.1, 0.15) is 16.3 Å². The Morgan fingerprint density at radius 2 is 1.86 bits per heavy atom. The van der Waals surface area contributed by atoms with Crippen molar-refractivity contribution in [2.45, 2.75) is 0 Å². The van der Waals surface area contributed by atoms with Gasteiger partial charge in [-0.25, -0.2) is 0 Å². The number of halogens is 1. The van der Waals surface area contributed by atoms with Crippen LogP contribution in [-0.4, -0.2) is 9.97 Å². The normalized spacial score (nSPS) is 10.5. The van der Waals surface area contributed by atoms with Gasteiger partial charge in [-0.2, -0.15) is 0 Å². The van der Waals surface area contributed by atoms with Crippen molar-refractivity contribution in [3.63, 3.8) is 0 Å². The number of nitrogens with two attached hydrogens (primary N) is 1. The Morgan fingerprint density at radius 1 is 1.05 bits per heavy atom. The molecule has 0 saturated carbocycles. The first-order chi connectivity index (χ1) is 10.2. The summed E-state index contributed by atoms with van der Waals surface area (Å²) in [5, 5.41) is 1.47. The van der Waals surface area contributed by atoms with Crippen LogP contribution in [0.25, 0.3) is 10.9 Å². The van der Waals surface area contributed by atoms with E-state index in [1.807, 2.05) is 36.4 Å². The third-order valence-corrected chi connectivity index (χ3v) is 3.60. The molecule has 2 N–H and O–H groups in total. The minimum atomic E-state index is 0.289. The van der Waals surface area contributed by atoms with Gasteiger partial charge in [0.05, 0.1) is 10.6 Å². The molecule has 21 heavy (non-hydrogen) atoms. The predicted octanol–water partition coefficient (Wildman–Crippen LogP) is 4.31. The SMILES string of the molecule is NC(=S)c1ccccc1Oc1ccc(Cl)c2cccnc12. The standard InChI is InChI=1S/C16H11ClN2OS/c17-12-7-8-14(15-10(12)5-3-9-19-15)20-13-6-2-1-4-11(13)16(18)21/h1-9H,(H2,18,21). The Hall–Kier alpha value is -2.17. The van der Waals surface area contributed by atoms with Crippen molar-refractivity contribution in [1.82, 2.24) is 4.98 Å². The zero-order chi connectivity index (χ0) is 14.8. The lowest BCUT2D eigenvalue weighted by Gasteiger charge is -2.12. The summed E-state index contributed by atoms with van der Waals surface area (Å²) in [6, 6.07) is 14.7. The van der Waals surface area contributed by atoms with E-state index in [2.05, 4.69) is 4.98 Å². The van der Waals surface area contributed by atoms with Gasteiger partial charge in [0, 0.05) is 11.6 Å². The Balaban J connectivity index is 2.11. The fourth-order valence-corrected chi connectivity index (χ4v) is 2.46. The first-order valence-corrected chi connectivity index (χ1v) is 7.05. The van der Waals surface area contributed by atoms with Crippen LogP contribution >= 0.6 is 23.8 Å². The molecule has 3 nitrogen and oxygen atoms in total. The maximum atomic E-state index is 6.18. The minimum absolute atomic E-state index is 0.289. The number of ether oxygens (including phenoxy) is 1. The van der Waals surface area contributed by atoms with Gasteiger partial charge in [0.2, 0.25) is 0 Å². The molecule has 0 fully saturated rings. The van der Waals surface area contributed by atoms with E-state index in [0.29, 0.717) is 27.6 Å². The van der Waals surface area contributed by atoms with Crippen molar-refractivity contribution in [2.24, 2.45) is 5.73 Å². The van der Waals surface area contributed by atoms with Crippen LogP contribution in [0.1, 0.15) is 5.56 Å². The monoisotopic (exact) mass is 314 g/mol. The van der Waals surface area contributed by atoms with E-state index in [0.717, 1.165) is 5.39 Å². The topological polar surface area (TPSA) is 48.1 Å². The molecule has 0 unspecified atom stereocenters. The molecule has 104 valence electrons. The molecule has 0 aliphatic heterocycles. The van der Waals surface area contributed by atoms with Crippen molar-refractivity contribution in [3.8, 4) is 11.5 Å². The number of pyridine rings is 1. The van der Waals surface area contributed by atoms with Crippen LogP contribution in [-0.2, 0) is 0 Å². The number of fused-ring (bicyclic) bond motifs is 1. The maximum Gasteiger partial charge on any atom is 0.153 e. The van der Waals surface area contributed by atoms with Gasteiger partial charge >= 0.3 is 0 Å². The second-order valence-corrected chi connectivity index (χ2v) is 5.25. The van der Waals surface area contributed by atoms with Gasteiger partial charge in [-0.15, -0.1) is 0 Å². The maximum absolute atomic E-state index is 6.18. The van der Waals surface area contributed by atoms with E-state index in [9.17, 15) is 0 Å². The lowest BCUT2D eigenvalue weighted by molar-refractivity contribution is 0.486. The van der Waals surface area contributed by atoms with Gasteiger partial charge in [-0.1, -0.05) is 36.0 Å². The van der Waals surface area contributed by atoms with Gasteiger partial charge in [0.15, 0.2) is 5.75 Å². The Bertz CT molecular complexity index is 835. The first kappa shape index (κ1) is 13.8. The van der Waals surface area contributed by atoms with Gasteiger partial charge in [-0.3, -0.25) is 4.98 Å². The number of rotatable bonds is 3. The number of thiocarbonyl (C=S) groups is 1. The summed E-state index contributed by atoms with van der Waals surface area (Å²) < 4.78 is 5.95. The summed E-state index contributed by atoms with van der Waals surface area (Å²) in [6.07, 6.45) is 1.70. The van der Waals surface area contributed by atoms with E-state index in [1.54, 1.807) is 18.3 Å². The third kappa shape index (κ3) is 2.68. The molecule has 0 aliphatic carbocycles. The van der Waals surface area contributed by atoms with Crippen molar-refractivity contribution in [1.29, 1.82) is 0 Å². The Labute approximate surface area is 132 Å². The lowest BCUT2D eigenvalue weighted by atomic mass is 10.2. The minimum Gasteiger partial charge on any atom is -0.454 e. The fraction of sp³-hybridized carbons (Fsp3) is 0.